The van der Waals surface area contributed by atoms with Gasteiger partial charge in [-0.25, -0.2) is 0 Å². The summed E-state index contributed by atoms with van der Waals surface area (Å²) in [5.74, 6) is -0.756. The van der Waals surface area contributed by atoms with Crippen molar-refractivity contribution in [2.24, 2.45) is 0 Å². The highest BCUT2D eigenvalue weighted by Gasteiger charge is 2.52. The Hall–Kier alpha value is -1.54. The fourth-order valence-electron chi connectivity index (χ4n) is 3.08. The van der Waals surface area contributed by atoms with Gasteiger partial charge in [-0.15, -0.1) is 0 Å². The van der Waals surface area contributed by atoms with Gasteiger partial charge >= 0.3 is 13.3 Å². The predicted octanol–water partition coefficient (Wildman–Crippen LogP) is 3.72. The molecule has 1 aliphatic carbocycles. The molecule has 1 N–H and O–H groups in total. The van der Waals surface area contributed by atoms with Crippen LogP contribution in [0.2, 0.25) is 0 Å². The minimum Gasteiger partial charge on any atom is -0.399 e. The molecule has 1 heterocycles. The zero-order valence-corrected chi connectivity index (χ0v) is 17.2. The van der Waals surface area contributed by atoms with Gasteiger partial charge in [0.2, 0.25) is 0 Å². The monoisotopic (exact) mass is 397 g/mol. The number of halogens is 3. The van der Waals surface area contributed by atoms with Gasteiger partial charge in [-0.2, -0.15) is 13.2 Å². The van der Waals surface area contributed by atoms with Crippen molar-refractivity contribution in [1.29, 1.82) is 0 Å². The van der Waals surface area contributed by atoms with E-state index in [0.29, 0.717) is 5.46 Å². The highest BCUT2D eigenvalue weighted by molar-refractivity contribution is 6.62. The lowest BCUT2D eigenvalue weighted by molar-refractivity contribution is -0.149. The van der Waals surface area contributed by atoms with Gasteiger partial charge in [0.1, 0.15) is 6.04 Å². The molecule has 2 aliphatic rings. The third-order valence-electron chi connectivity index (χ3n) is 6.28. The van der Waals surface area contributed by atoms with Gasteiger partial charge < -0.3 is 14.6 Å². The van der Waals surface area contributed by atoms with Crippen molar-refractivity contribution in [2.45, 2.75) is 83.2 Å². The van der Waals surface area contributed by atoms with Crippen molar-refractivity contribution >= 4 is 18.5 Å². The SMILES string of the molecule is C[C@H](NC(=O)c1cc(B2OC(C)(C)C(C)(C)O2)cc(C2(C)CC2)c1)C(F)(F)F. The van der Waals surface area contributed by atoms with Crippen molar-refractivity contribution in [3.8, 4) is 0 Å². The first-order valence-electron chi connectivity index (χ1n) is 9.53. The van der Waals surface area contributed by atoms with Crippen LogP contribution in [-0.4, -0.2) is 36.4 Å². The molecule has 2 fully saturated rings. The van der Waals surface area contributed by atoms with Crippen LogP contribution in [0.1, 0.15) is 70.3 Å². The van der Waals surface area contributed by atoms with E-state index in [2.05, 4.69) is 6.92 Å². The molecule has 0 unspecified atom stereocenters. The molecule has 1 saturated carbocycles. The summed E-state index contributed by atoms with van der Waals surface area (Å²) in [5, 5.41) is 2.04. The lowest BCUT2D eigenvalue weighted by Gasteiger charge is -2.32. The fourth-order valence-corrected chi connectivity index (χ4v) is 3.08. The second-order valence-corrected chi connectivity index (χ2v) is 9.23. The Morgan fingerprint density at radius 3 is 2.07 bits per heavy atom. The van der Waals surface area contributed by atoms with E-state index in [1.165, 1.54) is 0 Å². The van der Waals surface area contributed by atoms with Gasteiger partial charge in [0.15, 0.2) is 0 Å². The van der Waals surface area contributed by atoms with Crippen LogP contribution in [0.3, 0.4) is 0 Å². The van der Waals surface area contributed by atoms with Crippen LogP contribution >= 0.6 is 0 Å². The van der Waals surface area contributed by atoms with Crippen molar-refractivity contribution in [3.05, 3.63) is 29.3 Å². The van der Waals surface area contributed by atoms with Crippen molar-refractivity contribution in [1.82, 2.24) is 5.32 Å². The zero-order valence-electron chi connectivity index (χ0n) is 17.2. The highest BCUT2D eigenvalue weighted by atomic mass is 19.4. The molecule has 1 aromatic carbocycles. The summed E-state index contributed by atoms with van der Waals surface area (Å²) >= 11 is 0. The smallest absolute Gasteiger partial charge is 0.399 e. The van der Waals surface area contributed by atoms with Gasteiger partial charge in [-0.1, -0.05) is 13.0 Å². The summed E-state index contributed by atoms with van der Waals surface area (Å²) < 4.78 is 50.7. The number of alkyl halides is 3. The summed E-state index contributed by atoms with van der Waals surface area (Å²) in [5.41, 5.74) is 0.587. The van der Waals surface area contributed by atoms with E-state index in [4.69, 9.17) is 9.31 Å². The van der Waals surface area contributed by atoms with Crippen LogP contribution in [-0.2, 0) is 14.7 Å². The number of amides is 1. The Kier molecular flexibility index (Phi) is 4.91. The minimum atomic E-state index is -4.50. The molecular formula is C20H27BF3NO3. The van der Waals surface area contributed by atoms with Crippen LogP contribution in [0.5, 0.6) is 0 Å². The van der Waals surface area contributed by atoms with Gasteiger partial charge in [0, 0.05) is 5.56 Å². The van der Waals surface area contributed by atoms with Gasteiger partial charge in [0.25, 0.3) is 5.91 Å². The fraction of sp³-hybridized carbons (Fsp3) is 0.650. The molecule has 0 bridgehead atoms. The lowest BCUT2D eigenvalue weighted by Crippen LogP contribution is -2.43. The molecular weight excluding hydrogens is 370 g/mol. The second kappa shape index (κ2) is 6.49. The first-order chi connectivity index (χ1) is 12.6. The molecule has 1 aromatic rings. The predicted molar refractivity (Wildman–Crippen MR) is 102 cm³/mol. The second-order valence-electron chi connectivity index (χ2n) is 9.23. The maximum absolute atomic E-state index is 12.8. The van der Waals surface area contributed by atoms with Crippen molar-refractivity contribution in [2.75, 3.05) is 0 Å². The first kappa shape index (κ1) is 21.2. The van der Waals surface area contributed by atoms with E-state index >= 15 is 0 Å². The topological polar surface area (TPSA) is 47.6 Å². The molecule has 1 atom stereocenters. The number of hydrogen-bond acceptors (Lipinski definition) is 3. The maximum Gasteiger partial charge on any atom is 0.494 e. The number of hydrogen-bond donors (Lipinski definition) is 1. The lowest BCUT2D eigenvalue weighted by atomic mass is 9.76. The van der Waals surface area contributed by atoms with Crippen LogP contribution in [0, 0.1) is 0 Å². The van der Waals surface area contributed by atoms with Crippen LogP contribution < -0.4 is 10.8 Å². The molecule has 1 saturated heterocycles. The Morgan fingerprint density at radius 2 is 1.61 bits per heavy atom. The first-order valence-corrected chi connectivity index (χ1v) is 9.53. The molecule has 0 spiro atoms. The normalized spacial score (nSPS) is 23.4. The van der Waals surface area contributed by atoms with Crippen molar-refractivity contribution in [3.63, 3.8) is 0 Å². The third kappa shape index (κ3) is 3.94. The summed E-state index contributed by atoms with van der Waals surface area (Å²) in [6.07, 6.45) is -2.55. The quantitative estimate of drug-likeness (QED) is 0.788. The van der Waals surface area contributed by atoms with Gasteiger partial charge in [-0.3, -0.25) is 4.79 Å². The Morgan fingerprint density at radius 1 is 1.07 bits per heavy atom. The van der Waals surface area contributed by atoms with Crippen LogP contribution in [0.4, 0.5) is 13.2 Å². The van der Waals surface area contributed by atoms with E-state index < -0.39 is 36.4 Å². The largest absolute Gasteiger partial charge is 0.494 e. The zero-order chi connectivity index (χ0) is 21.1. The summed E-state index contributed by atoms with van der Waals surface area (Å²) in [4.78, 5) is 12.5. The Labute approximate surface area is 164 Å². The molecule has 4 nitrogen and oxygen atoms in total. The number of carbonyl (C=O) groups excluding carboxylic acids is 1. The number of nitrogens with one attached hydrogen (secondary N) is 1. The van der Waals surface area contributed by atoms with Gasteiger partial charge in [-0.05, 0) is 76.0 Å². The molecule has 1 amide bonds. The average molecular weight is 397 g/mol. The summed E-state index contributed by atoms with van der Waals surface area (Å²) in [6, 6.07) is 3.26. The van der Waals surface area contributed by atoms with E-state index in [9.17, 15) is 18.0 Å². The number of rotatable bonds is 4. The molecule has 8 heteroatoms. The molecule has 0 aromatic heterocycles. The summed E-state index contributed by atoms with van der Waals surface area (Å²) in [7, 11) is -0.682. The molecule has 154 valence electrons. The number of carbonyl (C=O) groups is 1. The minimum absolute atomic E-state index is 0.0652. The third-order valence-corrected chi connectivity index (χ3v) is 6.28. The standard InChI is InChI=1S/C20H27BF3NO3/c1-12(20(22,23)24)25-16(26)13-9-14(19(6)7-8-19)11-15(10-13)21-27-17(2,3)18(4,5)28-21/h9-12H,7-8H2,1-6H3,(H,25,26)/t12-/m0/s1. The highest BCUT2D eigenvalue weighted by Crippen LogP contribution is 2.47. The number of benzene rings is 1. The molecule has 3 rings (SSSR count). The van der Waals surface area contributed by atoms with E-state index in [0.717, 1.165) is 25.3 Å². The Balaban J connectivity index is 1.94. The average Bonchev–Trinajstić information content (AvgIpc) is 3.26. The summed E-state index contributed by atoms with van der Waals surface area (Å²) in [6.45, 7) is 10.7. The Bertz CT molecular complexity index is 771. The van der Waals surface area contributed by atoms with Crippen LogP contribution in [0.25, 0.3) is 0 Å². The maximum atomic E-state index is 12.8. The van der Waals surface area contributed by atoms with E-state index in [1.54, 1.807) is 12.1 Å². The van der Waals surface area contributed by atoms with Crippen molar-refractivity contribution < 1.29 is 27.3 Å². The van der Waals surface area contributed by atoms with Crippen LogP contribution in [0.15, 0.2) is 18.2 Å². The molecule has 1 aliphatic heterocycles. The van der Waals surface area contributed by atoms with E-state index in [-0.39, 0.29) is 11.0 Å². The molecule has 28 heavy (non-hydrogen) atoms. The molecule has 0 radical (unpaired) electrons. The van der Waals surface area contributed by atoms with E-state index in [1.807, 2.05) is 39.1 Å². The van der Waals surface area contributed by atoms with Gasteiger partial charge in [0.05, 0.1) is 11.2 Å².